The Hall–Kier alpha value is -2.98. The molecule has 9 nitrogen and oxygen atoms in total. The Morgan fingerprint density at radius 3 is 2.51 bits per heavy atom. The molecule has 1 aliphatic rings. The average molecular weight is 500 g/mol. The van der Waals surface area contributed by atoms with Crippen LogP contribution < -0.4 is 10.1 Å². The number of carbonyl (C=O) groups is 1. The van der Waals surface area contributed by atoms with Gasteiger partial charge in [0.25, 0.3) is 0 Å². The summed E-state index contributed by atoms with van der Waals surface area (Å²) >= 11 is 0. The van der Waals surface area contributed by atoms with E-state index in [1.807, 2.05) is 35.9 Å². The third-order valence-corrected chi connectivity index (χ3v) is 8.51. The number of piperidine rings is 1. The van der Waals surface area contributed by atoms with Gasteiger partial charge in [-0.2, -0.15) is 4.31 Å². The number of sulfonamides is 1. The molecule has 2 heterocycles. The zero-order valence-electron chi connectivity index (χ0n) is 20.5. The molecule has 188 valence electrons. The first-order valence-corrected chi connectivity index (χ1v) is 13.6. The van der Waals surface area contributed by atoms with Crippen LogP contribution in [0.2, 0.25) is 0 Å². The molecule has 1 fully saturated rings. The SMILES string of the molecule is CCOc1ccc(CNC(=O)C2CCN(S(=O)(=O)c3ccc4c(c3)nnn4[C@H](C)CC)CC2)cc1. The van der Waals surface area contributed by atoms with Crippen molar-refractivity contribution in [1.29, 1.82) is 0 Å². The minimum Gasteiger partial charge on any atom is -0.494 e. The maximum absolute atomic E-state index is 13.2. The normalized spacial score (nSPS) is 16.3. The van der Waals surface area contributed by atoms with E-state index >= 15 is 0 Å². The van der Waals surface area contributed by atoms with Crippen LogP contribution in [0.5, 0.6) is 5.75 Å². The largest absolute Gasteiger partial charge is 0.494 e. The van der Waals surface area contributed by atoms with Crippen molar-refractivity contribution in [3.63, 3.8) is 0 Å². The number of nitrogens with one attached hydrogen (secondary N) is 1. The minimum absolute atomic E-state index is 0.0426. The Kier molecular flexibility index (Phi) is 7.71. The molecule has 0 saturated carbocycles. The summed E-state index contributed by atoms with van der Waals surface area (Å²) in [5.41, 5.74) is 2.37. The Labute approximate surface area is 206 Å². The molecule has 1 aromatic heterocycles. The van der Waals surface area contributed by atoms with E-state index < -0.39 is 10.0 Å². The first kappa shape index (κ1) is 25.1. The number of aromatic nitrogens is 3. The predicted octanol–water partition coefficient (Wildman–Crippen LogP) is 3.52. The molecule has 2 aromatic carbocycles. The van der Waals surface area contributed by atoms with Gasteiger partial charge in [-0.25, -0.2) is 13.1 Å². The molecular formula is C25H33N5O4S. The number of ether oxygens (including phenoxy) is 1. The highest BCUT2D eigenvalue weighted by Gasteiger charge is 2.32. The summed E-state index contributed by atoms with van der Waals surface area (Å²) < 4.78 is 35.2. The van der Waals surface area contributed by atoms with E-state index in [2.05, 4.69) is 29.5 Å². The highest BCUT2D eigenvalue weighted by molar-refractivity contribution is 7.89. The Bertz CT molecular complexity index is 1260. The Morgan fingerprint density at radius 1 is 1.14 bits per heavy atom. The third kappa shape index (κ3) is 5.48. The number of carbonyl (C=O) groups excluding carboxylic acids is 1. The molecule has 0 radical (unpaired) electrons. The number of benzene rings is 2. The van der Waals surface area contributed by atoms with Gasteiger partial charge in [-0.1, -0.05) is 24.3 Å². The first-order chi connectivity index (χ1) is 16.8. The van der Waals surface area contributed by atoms with Gasteiger partial charge >= 0.3 is 0 Å². The van der Waals surface area contributed by atoms with Gasteiger partial charge in [0.15, 0.2) is 0 Å². The predicted molar refractivity (Wildman–Crippen MR) is 133 cm³/mol. The van der Waals surface area contributed by atoms with Crippen molar-refractivity contribution in [2.24, 2.45) is 5.92 Å². The maximum Gasteiger partial charge on any atom is 0.243 e. The smallest absolute Gasteiger partial charge is 0.243 e. The van der Waals surface area contributed by atoms with Crippen LogP contribution in [0.4, 0.5) is 0 Å². The molecule has 1 atom stereocenters. The molecule has 10 heteroatoms. The van der Waals surface area contributed by atoms with Crippen LogP contribution in [0.3, 0.4) is 0 Å². The van der Waals surface area contributed by atoms with Gasteiger partial charge in [0.1, 0.15) is 11.3 Å². The summed E-state index contributed by atoms with van der Waals surface area (Å²) in [5, 5.41) is 11.3. The van der Waals surface area contributed by atoms with Gasteiger partial charge in [0, 0.05) is 25.6 Å². The van der Waals surface area contributed by atoms with Crippen LogP contribution in [-0.4, -0.2) is 53.3 Å². The highest BCUT2D eigenvalue weighted by atomic mass is 32.2. The van der Waals surface area contributed by atoms with Gasteiger partial charge in [-0.05, 0) is 69.0 Å². The molecule has 4 rings (SSSR count). The summed E-state index contributed by atoms with van der Waals surface area (Å²) in [6.07, 6.45) is 1.88. The van der Waals surface area contributed by atoms with Crippen LogP contribution in [0.15, 0.2) is 47.4 Å². The quantitative estimate of drug-likeness (QED) is 0.483. The van der Waals surface area contributed by atoms with Gasteiger partial charge in [0.2, 0.25) is 15.9 Å². The van der Waals surface area contributed by atoms with E-state index in [9.17, 15) is 13.2 Å². The van der Waals surface area contributed by atoms with Crippen molar-refractivity contribution in [2.75, 3.05) is 19.7 Å². The van der Waals surface area contributed by atoms with Crippen molar-refractivity contribution in [2.45, 2.75) is 57.5 Å². The number of hydrogen-bond acceptors (Lipinski definition) is 6. The first-order valence-electron chi connectivity index (χ1n) is 12.2. The van der Waals surface area contributed by atoms with Crippen LogP contribution in [0.1, 0.15) is 51.6 Å². The molecule has 0 aliphatic carbocycles. The van der Waals surface area contributed by atoms with Crippen LogP contribution in [-0.2, 0) is 21.4 Å². The average Bonchev–Trinajstić information content (AvgIpc) is 3.31. The van der Waals surface area contributed by atoms with Crippen molar-refractivity contribution in [3.05, 3.63) is 48.0 Å². The molecule has 0 unspecified atom stereocenters. The fourth-order valence-electron chi connectivity index (χ4n) is 4.29. The van der Waals surface area contributed by atoms with Crippen molar-refractivity contribution in [3.8, 4) is 5.75 Å². The summed E-state index contributed by atoms with van der Waals surface area (Å²) in [6, 6.07) is 12.8. The lowest BCUT2D eigenvalue weighted by atomic mass is 9.97. The summed E-state index contributed by atoms with van der Waals surface area (Å²) in [7, 11) is -3.67. The molecular weight excluding hydrogens is 466 g/mol. The third-order valence-electron chi connectivity index (χ3n) is 6.61. The van der Waals surface area contributed by atoms with Crippen LogP contribution >= 0.6 is 0 Å². The fraction of sp³-hybridized carbons (Fsp3) is 0.480. The van der Waals surface area contributed by atoms with Crippen molar-refractivity contribution in [1.82, 2.24) is 24.6 Å². The number of amides is 1. The lowest BCUT2D eigenvalue weighted by Crippen LogP contribution is -2.42. The Balaban J connectivity index is 1.34. The zero-order chi connectivity index (χ0) is 25.0. The summed E-state index contributed by atoms with van der Waals surface area (Å²) in [4.78, 5) is 12.9. The topological polar surface area (TPSA) is 106 Å². The van der Waals surface area contributed by atoms with Gasteiger partial charge in [-0.15, -0.1) is 5.10 Å². The van der Waals surface area contributed by atoms with E-state index in [0.29, 0.717) is 44.6 Å². The van der Waals surface area contributed by atoms with E-state index in [0.717, 1.165) is 23.3 Å². The van der Waals surface area contributed by atoms with Gasteiger partial charge < -0.3 is 10.1 Å². The molecule has 0 bridgehead atoms. The van der Waals surface area contributed by atoms with Crippen molar-refractivity contribution >= 4 is 27.0 Å². The van der Waals surface area contributed by atoms with E-state index in [-0.39, 0.29) is 22.8 Å². The second kappa shape index (κ2) is 10.7. The standard InChI is InChI=1S/C25H33N5O4S/c1-4-18(3)30-24-11-10-22(16-23(24)27-28-30)35(32,33)29-14-12-20(13-15-29)25(31)26-17-19-6-8-21(9-7-19)34-5-2/h6-11,16,18,20H,4-5,12-15,17H2,1-3H3,(H,26,31)/t18-/m1/s1. The second-order valence-corrected chi connectivity index (χ2v) is 10.9. The molecule has 0 spiro atoms. The van der Waals surface area contributed by atoms with Crippen molar-refractivity contribution < 1.29 is 17.9 Å². The molecule has 1 N–H and O–H groups in total. The van der Waals surface area contributed by atoms with E-state index in [1.54, 1.807) is 18.2 Å². The number of rotatable bonds is 9. The highest BCUT2D eigenvalue weighted by Crippen LogP contribution is 2.27. The number of nitrogens with zero attached hydrogens (tertiary/aromatic N) is 4. The molecule has 35 heavy (non-hydrogen) atoms. The lowest BCUT2D eigenvalue weighted by Gasteiger charge is -2.30. The molecule has 1 amide bonds. The van der Waals surface area contributed by atoms with E-state index in [4.69, 9.17) is 4.74 Å². The monoisotopic (exact) mass is 499 g/mol. The second-order valence-electron chi connectivity index (χ2n) is 8.91. The lowest BCUT2D eigenvalue weighted by molar-refractivity contribution is -0.126. The number of fused-ring (bicyclic) bond motifs is 1. The number of hydrogen-bond donors (Lipinski definition) is 1. The zero-order valence-corrected chi connectivity index (χ0v) is 21.3. The van der Waals surface area contributed by atoms with E-state index in [1.165, 1.54) is 4.31 Å². The Morgan fingerprint density at radius 2 is 1.86 bits per heavy atom. The van der Waals surface area contributed by atoms with Crippen LogP contribution in [0, 0.1) is 5.92 Å². The fourth-order valence-corrected chi connectivity index (χ4v) is 5.78. The molecule has 3 aromatic rings. The summed E-state index contributed by atoms with van der Waals surface area (Å²) in [6.45, 7) is 7.71. The van der Waals surface area contributed by atoms with Crippen LogP contribution in [0.25, 0.3) is 11.0 Å². The summed E-state index contributed by atoms with van der Waals surface area (Å²) in [5.74, 6) is 0.552. The minimum atomic E-state index is -3.67. The maximum atomic E-state index is 13.2. The molecule has 1 aliphatic heterocycles. The van der Waals surface area contributed by atoms with Gasteiger partial charge in [-0.3, -0.25) is 4.79 Å². The van der Waals surface area contributed by atoms with Gasteiger partial charge in [0.05, 0.1) is 23.1 Å². The molecule has 1 saturated heterocycles.